The maximum atomic E-state index is 12.4. The van der Waals surface area contributed by atoms with Crippen molar-refractivity contribution in [2.75, 3.05) is 23.3 Å². The molecule has 6 nitrogen and oxygen atoms in total. The van der Waals surface area contributed by atoms with Crippen molar-refractivity contribution in [2.24, 2.45) is 0 Å². The Kier molecular flexibility index (Phi) is 4.23. The third-order valence-corrected chi connectivity index (χ3v) is 4.39. The van der Waals surface area contributed by atoms with Gasteiger partial charge >= 0.3 is 6.03 Å². The molecule has 1 saturated heterocycles. The van der Waals surface area contributed by atoms with E-state index >= 15 is 0 Å². The molecule has 1 aliphatic heterocycles. The van der Waals surface area contributed by atoms with Crippen molar-refractivity contribution < 1.29 is 9.59 Å². The van der Waals surface area contributed by atoms with Crippen molar-refractivity contribution >= 4 is 34.2 Å². The third kappa shape index (κ3) is 3.21. The summed E-state index contributed by atoms with van der Waals surface area (Å²) in [4.78, 5) is 30.1. The predicted molar refractivity (Wildman–Crippen MR) is 101 cm³/mol. The molecule has 1 aromatic heterocycles. The number of aromatic nitrogens is 1. The van der Waals surface area contributed by atoms with Gasteiger partial charge in [-0.25, -0.2) is 4.79 Å². The summed E-state index contributed by atoms with van der Waals surface area (Å²) in [5.41, 5.74) is 3.26. The lowest BCUT2D eigenvalue weighted by Crippen LogP contribution is -2.27. The molecule has 26 heavy (non-hydrogen) atoms. The van der Waals surface area contributed by atoms with Crippen molar-refractivity contribution in [3.05, 3.63) is 66.4 Å². The van der Waals surface area contributed by atoms with Crippen molar-refractivity contribution in [1.29, 1.82) is 0 Å². The first-order valence-corrected chi connectivity index (χ1v) is 8.48. The van der Waals surface area contributed by atoms with Crippen LogP contribution in [0.2, 0.25) is 0 Å². The van der Waals surface area contributed by atoms with Gasteiger partial charge in [-0.1, -0.05) is 24.3 Å². The summed E-state index contributed by atoms with van der Waals surface area (Å²) >= 11 is 0. The minimum absolute atomic E-state index is 0.0924. The SMILES string of the molecule is O=C(Cc1cccc2cccnc12)Nc1ccc(N2CCNC2=O)cc1. The van der Waals surface area contributed by atoms with Gasteiger partial charge in [-0.2, -0.15) is 0 Å². The average molecular weight is 346 g/mol. The number of nitrogens with one attached hydrogen (secondary N) is 2. The van der Waals surface area contributed by atoms with Gasteiger partial charge in [0.2, 0.25) is 5.91 Å². The Labute approximate surface area is 150 Å². The molecule has 3 amide bonds. The van der Waals surface area contributed by atoms with Gasteiger partial charge in [0, 0.05) is 36.0 Å². The number of amides is 3. The Balaban J connectivity index is 1.45. The highest BCUT2D eigenvalue weighted by molar-refractivity contribution is 5.96. The number of anilines is 2. The van der Waals surface area contributed by atoms with Crippen LogP contribution in [0.25, 0.3) is 10.9 Å². The zero-order chi connectivity index (χ0) is 17.9. The summed E-state index contributed by atoms with van der Waals surface area (Å²) in [5.74, 6) is -0.102. The first kappa shape index (κ1) is 16.1. The molecule has 2 heterocycles. The molecule has 2 aromatic carbocycles. The summed E-state index contributed by atoms with van der Waals surface area (Å²) in [6.45, 7) is 1.30. The molecule has 0 aliphatic carbocycles. The molecule has 0 spiro atoms. The lowest BCUT2D eigenvalue weighted by atomic mass is 10.1. The molecule has 4 rings (SSSR count). The van der Waals surface area contributed by atoms with Crippen LogP contribution in [0.5, 0.6) is 0 Å². The topological polar surface area (TPSA) is 74.3 Å². The molecule has 1 aliphatic rings. The number of para-hydroxylation sites is 1. The van der Waals surface area contributed by atoms with E-state index in [0.717, 1.165) is 22.2 Å². The number of carbonyl (C=O) groups excluding carboxylic acids is 2. The Bertz CT molecular complexity index is 964. The number of pyridine rings is 1. The quantitative estimate of drug-likeness (QED) is 0.763. The molecular weight excluding hydrogens is 328 g/mol. The van der Waals surface area contributed by atoms with E-state index in [1.165, 1.54) is 0 Å². The van der Waals surface area contributed by atoms with Crippen LogP contribution in [0.1, 0.15) is 5.56 Å². The number of hydrogen-bond acceptors (Lipinski definition) is 3. The number of hydrogen-bond donors (Lipinski definition) is 2. The Morgan fingerprint density at radius 2 is 1.92 bits per heavy atom. The van der Waals surface area contributed by atoms with E-state index in [-0.39, 0.29) is 18.4 Å². The van der Waals surface area contributed by atoms with E-state index in [1.807, 2.05) is 42.5 Å². The van der Waals surface area contributed by atoms with Crippen LogP contribution < -0.4 is 15.5 Å². The third-order valence-electron chi connectivity index (χ3n) is 4.39. The summed E-state index contributed by atoms with van der Waals surface area (Å²) in [5, 5.41) is 6.69. The van der Waals surface area contributed by atoms with Gasteiger partial charge in [-0.3, -0.25) is 14.7 Å². The van der Waals surface area contributed by atoms with Crippen LogP contribution in [0.15, 0.2) is 60.8 Å². The zero-order valence-electron chi connectivity index (χ0n) is 14.1. The van der Waals surface area contributed by atoms with Crippen molar-refractivity contribution in [3.63, 3.8) is 0 Å². The highest BCUT2D eigenvalue weighted by Crippen LogP contribution is 2.20. The maximum absolute atomic E-state index is 12.4. The second kappa shape index (κ2) is 6.84. The van der Waals surface area contributed by atoms with Crippen molar-refractivity contribution in [1.82, 2.24) is 10.3 Å². The molecule has 0 bridgehead atoms. The smallest absolute Gasteiger partial charge is 0.321 e. The number of carbonyl (C=O) groups is 2. The van der Waals surface area contributed by atoms with E-state index < -0.39 is 0 Å². The van der Waals surface area contributed by atoms with Crippen molar-refractivity contribution in [3.8, 4) is 0 Å². The zero-order valence-corrected chi connectivity index (χ0v) is 14.1. The number of benzene rings is 2. The molecule has 130 valence electrons. The number of urea groups is 1. The van der Waals surface area contributed by atoms with Crippen LogP contribution >= 0.6 is 0 Å². The molecule has 0 unspecified atom stereocenters. The standard InChI is InChI=1S/C20H18N4O2/c25-18(13-15-4-1-3-14-5-2-10-21-19(14)15)23-16-6-8-17(9-7-16)24-12-11-22-20(24)26/h1-10H,11-13H2,(H,22,26)(H,23,25). The molecule has 3 aromatic rings. The van der Waals surface area contributed by atoms with Crippen LogP contribution in [0, 0.1) is 0 Å². The first-order valence-electron chi connectivity index (χ1n) is 8.48. The van der Waals surface area contributed by atoms with E-state index in [0.29, 0.717) is 18.8 Å². The lowest BCUT2D eigenvalue weighted by molar-refractivity contribution is -0.115. The van der Waals surface area contributed by atoms with E-state index in [1.54, 1.807) is 23.2 Å². The van der Waals surface area contributed by atoms with E-state index in [9.17, 15) is 9.59 Å². The average Bonchev–Trinajstić information content (AvgIpc) is 3.09. The normalized spacial score (nSPS) is 13.7. The number of nitrogens with zero attached hydrogens (tertiary/aromatic N) is 2. The van der Waals surface area contributed by atoms with Crippen LogP contribution in [-0.4, -0.2) is 30.0 Å². The second-order valence-corrected chi connectivity index (χ2v) is 6.15. The summed E-state index contributed by atoms with van der Waals surface area (Å²) in [6.07, 6.45) is 1.99. The molecular formula is C20H18N4O2. The van der Waals surface area contributed by atoms with Crippen LogP contribution in [-0.2, 0) is 11.2 Å². The largest absolute Gasteiger partial charge is 0.336 e. The van der Waals surface area contributed by atoms with Crippen LogP contribution in [0.3, 0.4) is 0 Å². The van der Waals surface area contributed by atoms with Gasteiger partial charge in [0.15, 0.2) is 0 Å². The van der Waals surface area contributed by atoms with Crippen molar-refractivity contribution in [2.45, 2.75) is 6.42 Å². The lowest BCUT2D eigenvalue weighted by Gasteiger charge is -2.14. The van der Waals surface area contributed by atoms with Crippen LogP contribution in [0.4, 0.5) is 16.2 Å². The Morgan fingerprint density at radius 1 is 1.12 bits per heavy atom. The molecule has 0 saturated carbocycles. The molecule has 6 heteroatoms. The van der Waals surface area contributed by atoms with Gasteiger partial charge in [0.1, 0.15) is 0 Å². The Morgan fingerprint density at radius 3 is 2.69 bits per heavy atom. The molecule has 0 radical (unpaired) electrons. The summed E-state index contributed by atoms with van der Waals surface area (Å²) in [7, 11) is 0. The van der Waals surface area contributed by atoms with Gasteiger partial charge in [-0.15, -0.1) is 0 Å². The number of rotatable bonds is 4. The van der Waals surface area contributed by atoms with Gasteiger partial charge < -0.3 is 10.6 Å². The summed E-state index contributed by atoms with van der Waals surface area (Å²) in [6, 6.07) is 16.9. The highest BCUT2D eigenvalue weighted by atomic mass is 16.2. The fourth-order valence-corrected chi connectivity index (χ4v) is 3.13. The summed E-state index contributed by atoms with van der Waals surface area (Å²) < 4.78 is 0. The second-order valence-electron chi connectivity index (χ2n) is 6.15. The maximum Gasteiger partial charge on any atom is 0.321 e. The fraction of sp³-hybridized carbons (Fsp3) is 0.150. The first-order chi connectivity index (χ1) is 12.7. The predicted octanol–water partition coefficient (Wildman–Crippen LogP) is 2.95. The number of fused-ring (bicyclic) bond motifs is 1. The molecule has 1 fully saturated rings. The molecule has 2 N–H and O–H groups in total. The minimum atomic E-state index is -0.102. The Hall–Kier alpha value is -3.41. The fourth-order valence-electron chi connectivity index (χ4n) is 3.13. The molecule has 0 atom stereocenters. The van der Waals surface area contributed by atoms with Gasteiger partial charge in [0.05, 0.1) is 11.9 Å². The van der Waals surface area contributed by atoms with E-state index in [4.69, 9.17) is 0 Å². The monoisotopic (exact) mass is 346 g/mol. The minimum Gasteiger partial charge on any atom is -0.336 e. The highest BCUT2D eigenvalue weighted by Gasteiger charge is 2.20. The van der Waals surface area contributed by atoms with Gasteiger partial charge in [-0.05, 0) is 35.9 Å². The van der Waals surface area contributed by atoms with Gasteiger partial charge in [0.25, 0.3) is 0 Å². The van der Waals surface area contributed by atoms with E-state index in [2.05, 4.69) is 15.6 Å².